The molecule has 17 heavy (non-hydrogen) atoms. The van der Waals surface area contributed by atoms with Crippen LogP contribution in [-0.2, 0) is 0 Å². The van der Waals surface area contributed by atoms with Crippen molar-refractivity contribution >= 4 is 6.08 Å². The fourth-order valence-electron chi connectivity index (χ4n) is 3.01. The first-order valence-electron chi connectivity index (χ1n) is 6.93. The summed E-state index contributed by atoms with van der Waals surface area (Å²) in [6.07, 6.45) is 11.9. The molecule has 92 valence electrons. The minimum Gasteiger partial charge on any atom is -0.0808 e. The van der Waals surface area contributed by atoms with E-state index in [9.17, 15) is 0 Å². The average molecular weight is 228 g/mol. The largest absolute Gasteiger partial charge is 0.0808 e. The van der Waals surface area contributed by atoms with Gasteiger partial charge in [-0.2, -0.15) is 0 Å². The van der Waals surface area contributed by atoms with Crippen LogP contribution in [0.3, 0.4) is 0 Å². The molecule has 1 aliphatic rings. The molecule has 0 radical (unpaired) electrons. The van der Waals surface area contributed by atoms with Crippen LogP contribution in [0.2, 0.25) is 0 Å². The quantitative estimate of drug-likeness (QED) is 0.652. The molecule has 2 rings (SSSR count). The Hall–Kier alpha value is -1.04. The van der Waals surface area contributed by atoms with Crippen molar-refractivity contribution in [3.8, 4) is 0 Å². The van der Waals surface area contributed by atoms with Crippen molar-refractivity contribution in [2.75, 3.05) is 0 Å². The van der Waals surface area contributed by atoms with Crippen LogP contribution in [0.15, 0.2) is 18.2 Å². The van der Waals surface area contributed by atoms with E-state index in [-0.39, 0.29) is 0 Å². The highest BCUT2D eigenvalue weighted by molar-refractivity contribution is 5.58. The van der Waals surface area contributed by atoms with Crippen molar-refractivity contribution < 1.29 is 0 Å². The highest BCUT2D eigenvalue weighted by Gasteiger charge is 2.10. The SMILES string of the molecule is Cc1cc(C)c(/C=C/C2CCCCC2)c(C)c1. The lowest BCUT2D eigenvalue weighted by atomic mass is 9.88. The van der Waals surface area contributed by atoms with E-state index in [0.717, 1.165) is 5.92 Å². The Labute approximate surface area is 106 Å². The first-order chi connectivity index (χ1) is 8.16. The monoisotopic (exact) mass is 228 g/mol. The van der Waals surface area contributed by atoms with Gasteiger partial charge >= 0.3 is 0 Å². The van der Waals surface area contributed by atoms with Crippen LogP contribution in [0.4, 0.5) is 0 Å². The molecule has 1 saturated carbocycles. The zero-order valence-corrected chi connectivity index (χ0v) is 11.4. The van der Waals surface area contributed by atoms with Crippen molar-refractivity contribution in [1.82, 2.24) is 0 Å². The summed E-state index contributed by atoms with van der Waals surface area (Å²) in [7, 11) is 0. The van der Waals surface area contributed by atoms with E-state index in [2.05, 4.69) is 45.1 Å². The Morgan fingerprint density at radius 1 is 0.941 bits per heavy atom. The van der Waals surface area contributed by atoms with Crippen LogP contribution in [-0.4, -0.2) is 0 Å². The maximum absolute atomic E-state index is 2.45. The topological polar surface area (TPSA) is 0 Å². The van der Waals surface area contributed by atoms with Gasteiger partial charge in [-0.25, -0.2) is 0 Å². The van der Waals surface area contributed by atoms with E-state index >= 15 is 0 Å². The molecular formula is C17H24. The van der Waals surface area contributed by atoms with Crippen LogP contribution in [0.1, 0.15) is 54.4 Å². The second kappa shape index (κ2) is 5.53. The van der Waals surface area contributed by atoms with Gasteiger partial charge in [0.25, 0.3) is 0 Å². The van der Waals surface area contributed by atoms with Gasteiger partial charge in [0.15, 0.2) is 0 Å². The zero-order chi connectivity index (χ0) is 12.3. The van der Waals surface area contributed by atoms with E-state index in [4.69, 9.17) is 0 Å². The third-order valence-corrected chi connectivity index (χ3v) is 3.92. The summed E-state index contributed by atoms with van der Waals surface area (Å²) in [4.78, 5) is 0. The van der Waals surface area contributed by atoms with Gasteiger partial charge in [-0.05, 0) is 56.2 Å². The van der Waals surface area contributed by atoms with Gasteiger partial charge in [0.2, 0.25) is 0 Å². The van der Waals surface area contributed by atoms with E-state index < -0.39 is 0 Å². The summed E-state index contributed by atoms with van der Waals surface area (Å²) >= 11 is 0. The fourth-order valence-corrected chi connectivity index (χ4v) is 3.01. The number of allylic oxidation sites excluding steroid dienone is 1. The van der Waals surface area contributed by atoms with Gasteiger partial charge in [0.1, 0.15) is 0 Å². The Bertz CT molecular complexity index is 383. The van der Waals surface area contributed by atoms with E-state index in [0.29, 0.717) is 0 Å². The zero-order valence-electron chi connectivity index (χ0n) is 11.4. The lowest BCUT2D eigenvalue weighted by molar-refractivity contribution is 0.420. The molecule has 1 aliphatic carbocycles. The van der Waals surface area contributed by atoms with E-state index in [1.165, 1.54) is 54.4 Å². The molecule has 0 saturated heterocycles. The standard InChI is InChI=1S/C17H24/c1-13-11-14(2)17(15(3)12-13)10-9-16-7-5-4-6-8-16/h9-12,16H,4-8H2,1-3H3/b10-9+. The molecule has 0 N–H and O–H groups in total. The number of rotatable bonds is 2. The van der Waals surface area contributed by atoms with Crippen molar-refractivity contribution in [3.63, 3.8) is 0 Å². The van der Waals surface area contributed by atoms with Gasteiger partial charge in [-0.15, -0.1) is 0 Å². The third kappa shape index (κ3) is 3.21. The fraction of sp³-hybridized carbons (Fsp3) is 0.529. The molecule has 0 aliphatic heterocycles. The molecule has 1 fully saturated rings. The molecule has 0 bridgehead atoms. The van der Waals surface area contributed by atoms with Crippen LogP contribution >= 0.6 is 0 Å². The number of aryl methyl sites for hydroxylation is 3. The Morgan fingerprint density at radius 3 is 2.12 bits per heavy atom. The molecule has 1 aromatic rings. The Kier molecular flexibility index (Phi) is 4.04. The summed E-state index contributed by atoms with van der Waals surface area (Å²) in [5, 5.41) is 0. The Morgan fingerprint density at radius 2 is 1.53 bits per heavy atom. The summed E-state index contributed by atoms with van der Waals surface area (Å²) in [6, 6.07) is 4.57. The van der Waals surface area contributed by atoms with Gasteiger partial charge in [-0.1, -0.05) is 49.1 Å². The second-order valence-electron chi connectivity index (χ2n) is 5.57. The predicted octanol–water partition coefficient (Wildman–Crippen LogP) is 5.21. The maximum Gasteiger partial charge on any atom is -0.0201 e. The van der Waals surface area contributed by atoms with Crippen LogP contribution in [0, 0.1) is 26.7 Å². The van der Waals surface area contributed by atoms with Crippen molar-refractivity contribution in [2.24, 2.45) is 5.92 Å². The van der Waals surface area contributed by atoms with E-state index in [1.54, 1.807) is 0 Å². The smallest absolute Gasteiger partial charge is 0.0201 e. The molecule has 0 nitrogen and oxygen atoms in total. The van der Waals surface area contributed by atoms with E-state index in [1.807, 2.05) is 0 Å². The normalized spacial score (nSPS) is 17.8. The first-order valence-corrected chi connectivity index (χ1v) is 6.93. The summed E-state index contributed by atoms with van der Waals surface area (Å²) < 4.78 is 0. The summed E-state index contributed by atoms with van der Waals surface area (Å²) in [5.74, 6) is 0.823. The van der Waals surface area contributed by atoms with Crippen molar-refractivity contribution in [1.29, 1.82) is 0 Å². The van der Waals surface area contributed by atoms with Crippen molar-refractivity contribution in [2.45, 2.75) is 52.9 Å². The molecule has 0 spiro atoms. The molecule has 0 heterocycles. The summed E-state index contributed by atoms with van der Waals surface area (Å²) in [5.41, 5.74) is 5.63. The summed E-state index contributed by atoms with van der Waals surface area (Å²) in [6.45, 7) is 6.62. The van der Waals surface area contributed by atoms with Crippen LogP contribution < -0.4 is 0 Å². The number of benzene rings is 1. The molecule has 0 heteroatoms. The molecule has 0 unspecified atom stereocenters. The molecule has 0 atom stereocenters. The Balaban J connectivity index is 2.14. The lowest BCUT2D eigenvalue weighted by Gasteiger charge is -2.18. The van der Waals surface area contributed by atoms with Crippen LogP contribution in [0.5, 0.6) is 0 Å². The molecule has 1 aromatic carbocycles. The predicted molar refractivity (Wildman–Crippen MR) is 76.3 cm³/mol. The highest BCUT2D eigenvalue weighted by Crippen LogP contribution is 2.26. The average Bonchev–Trinajstić information content (AvgIpc) is 2.29. The minimum absolute atomic E-state index is 0.823. The lowest BCUT2D eigenvalue weighted by Crippen LogP contribution is -2.02. The number of hydrogen-bond donors (Lipinski definition) is 0. The van der Waals surface area contributed by atoms with Crippen molar-refractivity contribution in [3.05, 3.63) is 40.5 Å². The highest BCUT2D eigenvalue weighted by atomic mass is 14.2. The molecule has 0 aromatic heterocycles. The maximum atomic E-state index is 2.45. The van der Waals surface area contributed by atoms with Gasteiger partial charge in [0, 0.05) is 0 Å². The van der Waals surface area contributed by atoms with Gasteiger partial charge in [-0.3, -0.25) is 0 Å². The minimum atomic E-state index is 0.823. The first kappa shape index (κ1) is 12.4. The molecular weight excluding hydrogens is 204 g/mol. The third-order valence-electron chi connectivity index (χ3n) is 3.92. The second-order valence-corrected chi connectivity index (χ2v) is 5.57. The molecule has 0 amide bonds. The van der Waals surface area contributed by atoms with Crippen LogP contribution in [0.25, 0.3) is 6.08 Å². The van der Waals surface area contributed by atoms with Gasteiger partial charge in [0.05, 0.1) is 0 Å². The number of hydrogen-bond acceptors (Lipinski definition) is 0. The van der Waals surface area contributed by atoms with Gasteiger partial charge < -0.3 is 0 Å².